The van der Waals surface area contributed by atoms with Crippen molar-refractivity contribution in [1.29, 1.82) is 0 Å². The van der Waals surface area contributed by atoms with Crippen LogP contribution in [0.3, 0.4) is 0 Å². The fourth-order valence-electron chi connectivity index (χ4n) is 2.82. The van der Waals surface area contributed by atoms with Gasteiger partial charge in [0.15, 0.2) is 0 Å². The number of carbonyl (C=O) groups is 2. The number of hydrogen-bond donors (Lipinski definition) is 1. The number of benzene rings is 3. The third kappa shape index (κ3) is 4.12. The molecule has 3 rings (SSSR count). The molecule has 0 spiro atoms. The Kier molecular flexibility index (Phi) is 5.47. The molecule has 4 nitrogen and oxygen atoms in total. The second-order valence-electron chi connectivity index (χ2n) is 5.92. The maximum absolute atomic E-state index is 12.8. The molecule has 0 atom stereocenters. The Bertz CT molecular complexity index is 948. The number of carboxylic acid groups (broad SMARTS) is 1. The molecule has 0 bridgehead atoms. The molecule has 3 aromatic rings. The lowest BCUT2D eigenvalue weighted by molar-refractivity contribution is -0.130. The van der Waals surface area contributed by atoms with E-state index in [0.29, 0.717) is 5.57 Å². The highest BCUT2D eigenvalue weighted by molar-refractivity contribution is 6.03. The second kappa shape index (κ2) is 8.15. The second-order valence-corrected chi connectivity index (χ2v) is 5.92. The van der Waals surface area contributed by atoms with Crippen molar-refractivity contribution >= 4 is 17.5 Å². The van der Waals surface area contributed by atoms with Gasteiger partial charge in [-0.2, -0.15) is 0 Å². The molecule has 27 heavy (non-hydrogen) atoms. The summed E-state index contributed by atoms with van der Waals surface area (Å²) >= 11 is 0. The van der Waals surface area contributed by atoms with Gasteiger partial charge in [0.25, 0.3) is 0 Å². The summed E-state index contributed by atoms with van der Waals surface area (Å²) in [6, 6.07) is 25.2. The van der Waals surface area contributed by atoms with Crippen LogP contribution in [0.4, 0.5) is 0 Å². The Balaban J connectivity index is 2.05. The third-order valence-electron chi connectivity index (χ3n) is 4.13. The molecular weight excluding hydrogens is 340 g/mol. The van der Waals surface area contributed by atoms with Crippen LogP contribution in [0.2, 0.25) is 0 Å². The Hall–Kier alpha value is -3.66. The molecule has 0 aromatic heterocycles. The van der Waals surface area contributed by atoms with Crippen molar-refractivity contribution in [2.75, 3.05) is 0 Å². The Morgan fingerprint density at radius 1 is 0.741 bits per heavy atom. The molecule has 0 aliphatic rings. The van der Waals surface area contributed by atoms with Gasteiger partial charge >= 0.3 is 11.9 Å². The molecule has 0 amide bonds. The molecule has 0 unspecified atom stereocenters. The summed E-state index contributed by atoms with van der Waals surface area (Å²) in [5, 5.41) is 9.28. The number of esters is 1. The monoisotopic (exact) mass is 358 g/mol. The highest BCUT2D eigenvalue weighted by Crippen LogP contribution is 2.28. The van der Waals surface area contributed by atoms with Crippen molar-refractivity contribution < 1.29 is 19.4 Å². The van der Waals surface area contributed by atoms with E-state index in [0.717, 1.165) is 16.7 Å². The number of aromatic carboxylic acids is 1. The maximum Gasteiger partial charge on any atom is 0.339 e. The molecule has 0 aliphatic heterocycles. The van der Waals surface area contributed by atoms with Gasteiger partial charge in [0.05, 0.1) is 0 Å². The predicted molar refractivity (Wildman–Crippen MR) is 104 cm³/mol. The van der Waals surface area contributed by atoms with Crippen molar-refractivity contribution in [3.63, 3.8) is 0 Å². The van der Waals surface area contributed by atoms with Crippen LogP contribution in [-0.2, 0) is 4.79 Å². The summed E-state index contributed by atoms with van der Waals surface area (Å²) in [5.41, 5.74) is 2.84. The van der Waals surface area contributed by atoms with Gasteiger partial charge in [0, 0.05) is 5.57 Å². The summed E-state index contributed by atoms with van der Waals surface area (Å²) < 4.78 is 5.41. The minimum Gasteiger partial charge on any atom is -0.478 e. The zero-order chi connectivity index (χ0) is 19.2. The van der Waals surface area contributed by atoms with Crippen molar-refractivity contribution in [1.82, 2.24) is 0 Å². The molecule has 0 radical (unpaired) electrons. The summed E-state index contributed by atoms with van der Waals surface area (Å²) in [6.07, 6.45) is 0. The number of hydrogen-bond acceptors (Lipinski definition) is 3. The molecule has 0 fully saturated rings. The smallest absolute Gasteiger partial charge is 0.339 e. The third-order valence-corrected chi connectivity index (χ3v) is 4.13. The maximum atomic E-state index is 12.8. The van der Waals surface area contributed by atoms with Gasteiger partial charge in [-0.3, -0.25) is 0 Å². The van der Waals surface area contributed by atoms with Crippen LogP contribution in [0.5, 0.6) is 5.75 Å². The molecule has 0 saturated carbocycles. The molecule has 134 valence electrons. The first-order valence-electron chi connectivity index (χ1n) is 8.44. The van der Waals surface area contributed by atoms with Crippen molar-refractivity contribution in [3.05, 3.63) is 107 Å². The van der Waals surface area contributed by atoms with E-state index in [4.69, 9.17) is 4.74 Å². The van der Waals surface area contributed by atoms with Gasteiger partial charge in [-0.1, -0.05) is 72.8 Å². The van der Waals surface area contributed by atoms with Crippen molar-refractivity contribution in [2.24, 2.45) is 0 Å². The number of para-hydroxylation sites is 1. The van der Waals surface area contributed by atoms with E-state index in [9.17, 15) is 14.7 Å². The van der Waals surface area contributed by atoms with Gasteiger partial charge in [0.1, 0.15) is 11.3 Å². The normalized spacial score (nSPS) is 10.1. The first kappa shape index (κ1) is 18.1. The highest BCUT2D eigenvalue weighted by atomic mass is 16.5. The van der Waals surface area contributed by atoms with E-state index < -0.39 is 11.9 Å². The van der Waals surface area contributed by atoms with Crippen LogP contribution in [0.15, 0.2) is 90.5 Å². The fraction of sp³-hybridized carbons (Fsp3) is 0.0435. The van der Waals surface area contributed by atoms with Gasteiger partial charge in [-0.05, 0) is 35.8 Å². The number of carboxylic acids is 1. The minimum absolute atomic E-state index is 0.0230. The average molecular weight is 358 g/mol. The molecule has 3 aromatic carbocycles. The lowest BCUT2D eigenvalue weighted by Gasteiger charge is -2.14. The van der Waals surface area contributed by atoms with Crippen LogP contribution < -0.4 is 4.74 Å². The number of ether oxygens (including phenoxy) is 1. The lowest BCUT2D eigenvalue weighted by atomic mass is 9.93. The lowest BCUT2D eigenvalue weighted by Crippen LogP contribution is -2.14. The summed E-state index contributed by atoms with van der Waals surface area (Å²) in [7, 11) is 0. The van der Waals surface area contributed by atoms with E-state index in [-0.39, 0.29) is 11.3 Å². The zero-order valence-corrected chi connectivity index (χ0v) is 14.8. The van der Waals surface area contributed by atoms with Crippen LogP contribution in [0.1, 0.15) is 28.4 Å². The van der Waals surface area contributed by atoms with Gasteiger partial charge in [-0.15, -0.1) is 0 Å². The van der Waals surface area contributed by atoms with Crippen molar-refractivity contribution in [2.45, 2.75) is 6.92 Å². The SMILES string of the molecule is CC(C(=O)Oc1ccccc1C(=O)O)=C(c1ccccc1)c1ccccc1. The van der Waals surface area contributed by atoms with E-state index in [2.05, 4.69) is 0 Å². The molecule has 0 saturated heterocycles. The Morgan fingerprint density at radius 3 is 1.74 bits per heavy atom. The predicted octanol–water partition coefficient (Wildman–Crippen LogP) is 4.81. The molecule has 1 N–H and O–H groups in total. The summed E-state index contributed by atoms with van der Waals surface area (Å²) in [6.45, 7) is 1.68. The van der Waals surface area contributed by atoms with E-state index in [1.807, 2.05) is 60.7 Å². The standard InChI is InChI=1S/C23H18O4/c1-16(23(26)27-20-15-9-8-14-19(20)22(24)25)21(17-10-4-2-5-11-17)18-12-6-3-7-13-18/h2-15H,1H3,(H,24,25). The Labute approximate surface area is 157 Å². The first-order valence-corrected chi connectivity index (χ1v) is 8.44. The molecule has 0 aliphatic carbocycles. The quantitative estimate of drug-likeness (QED) is 0.404. The van der Waals surface area contributed by atoms with E-state index in [1.54, 1.807) is 19.1 Å². The van der Waals surface area contributed by atoms with Crippen LogP contribution in [0, 0.1) is 0 Å². The van der Waals surface area contributed by atoms with Gasteiger partial charge in [-0.25, -0.2) is 9.59 Å². The van der Waals surface area contributed by atoms with Crippen LogP contribution in [-0.4, -0.2) is 17.0 Å². The summed E-state index contributed by atoms with van der Waals surface area (Å²) in [4.78, 5) is 24.1. The van der Waals surface area contributed by atoms with Gasteiger partial charge in [0.2, 0.25) is 0 Å². The molecule has 0 heterocycles. The number of carbonyl (C=O) groups excluding carboxylic acids is 1. The van der Waals surface area contributed by atoms with E-state index in [1.165, 1.54) is 12.1 Å². The number of rotatable bonds is 5. The van der Waals surface area contributed by atoms with E-state index >= 15 is 0 Å². The average Bonchev–Trinajstić information content (AvgIpc) is 2.70. The Morgan fingerprint density at radius 2 is 1.22 bits per heavy atom. The van der Waals surface area contributed by atoms with Crippen LogP contribution in [0.25, 0.3) is 5.57 Å². The van der Waals surface area contributed by atoms with Crippen molar-refractivity contribution in [3.8, 4) is 5.75 Å². The largest absolute Gasteiger partial charge is 0.478 e. The first-order chi connectivity index (χ1) is 13.1. The fourth-order valence-corrected chi connectivity index (χ4v) is 2.82. The summed E-state index contributed by atoms with van der Waals surface area (Å²) in [5.74, 6) is -1.72. The molecule has 4 heteroatoms. The minimum atomic E-state index is -1.15. The zero-order valence-electron chi connectivity index (χ0n) is 14.8. The van der Waals surface area contributed by atoms with Crippen LogP contribution >= 0.6 is 0 Å². The topological polar surface area (TPSA) is 63.6 Å². The van der Waals surface area contributed by atoms with Gasteiger partial charge < -0.3 is 9.84 Å². The highest BCUT2D eigenvalue weighted by Gasteiger charge is 2.19. The molecular formula is C23H18O4.